The number of ether oxygens (including phenoxy) is 2. The predicted molar refractivity (Wildman–Crippen MR) is 89.3 cm³/mol. The van der Waals surface area contributed by atoms with Crippen molar-refractivity contribution in [2.75, 3.05) is 40.5 Å². The minimum Gasteiger partial charge on any atom is -0.495 e. The van der Waals surface area contributed by atoms with Gasteiger partial charge >= 0.3 is 0 Å². The highest BCUT2D eigenvalue weighted by molar-refractivity contribution is 7.89. The number of hydrogen-bond donors (Lipinski definition) is 1. The van der Waals surface area contributed by atoms with E-state index in [9.17, 15) is 17.6 Å². The second-order valence-corrected chi connectivity index (χ2v) is 7.69. The summed E-state index contributed by atoms with van der Waals surface area (Å²) < 4.78 is 50.4. The molecule has 1 aliphatic rings. The SMILES string of the molecule is COCCNC(=O)[C@H]1CCCN(S(=O)(=O)c2cc(F)ccc2OC)C1. The molecule has 0 unspecified atom stereocenters. The molecule has 0 saturated carbocycles. The second-order valence-electron chi connectivity index (χ2n) is 5.78. The summed E-state index contributed by atoms with van der Waals surface area (Å²) in [5.41, 5.74) is 0. The Morgan fingerprint density at radius 2 is 2.16 bits per heavy atom. The smallest absolute Gasteiger partial charge is 0.246 e. The Labute approximate surface area is 147 Å². The monoisotopic (exact) mass is 374 g/mol. The maximum Gasteiger partial charge on any atom is 0.246 e. The van der Waals surface area contributed by atoms with Crippen molar-refractivity contribution in [3.63, 3.8) is 0 Å². The van der Waals surface area contributed by atoms with Crippen molar-refractivity contribution in [2.45, 2.75) is 17.7 Å². The fourth-order valence-corrected chi connectivity index (χ4v) is 4.48. The van der Waals surface area contributed by atoms with E-state index in [4.69, 9.17) is 9.47 Å². The molecular formula is C16H23FN2O5S. The molecule has 1 amide bonds. The number of piperidine rings is 1. The van der Waals surface area contributed by atoms with Crippen molar-refractivity contribution in [1.29, 1.82) is 0 Å². The minimum atomic E-state index is -3.96. The zero-order valence-corrected chi connectivity index (χ0v) is 15.1. The maximum atomic E-state index is 13.5. The quantitative estimate of drug-likeness (QED) is 0.720. The number of carbonyl (C=O) groups excluding carboxylic acids is 1. The van der Waals surface area contributed by atoms with Crippen LogP contribution >= 0.6 is 0 Å². The number of nitrogens with one attached hydrogen (secondary N) is 1. The first-order valence-corrected chi connectivity index (χ1v) is 9.44. The van der Waals surface area contributed by atoms with Crippen molar-refractivity contribution in [1.82, 2.24) is 9.62 Å². The highest BCUT2D eigenvalue weighted by atomic mass is 32.2. The Morgan fingerprint density at radius 3 is 2.84 bits per heavy atom. The highest BCUT2D eigenvalue weighted by Gasteiger charge is 2.34. The molecule has 25 heavy (non-hydrogen) atoms. The summed E-state index contributed by atoms with van der Waals surface area (Å²) in [6.07, 6.45) is 1.16. The van der Waals surface area contributed by atoms with Gasteiger partial charge in [0.2, 0.25) is 15.9 Å². The fraction of sp³-hybridized carbons (Fsp3) is 0.562. The van der Waals surface area contributed by atoms with Gasteiger partial charge in [-0.25, -0.2) is 12.8 Å². The third-order valence-electron chi connectivity index (χ3n) is 4.10. The van der Waals surface area contributed by atoms with E-state index in [1.54, 1.807) is 0 Å². The van der Waals surface area contributed by atoms with Gasteiger partial charge in [-0.15, -0.1) is 0 Å². The van der Waals surface area contributed by atoms with E-state index < -0.39 is 21.8 Å². The normalized spacial score (nSPS) is 18.8. The van der Waals surface area contributed by atoms with Crippen LogP contribution in [0.1, 0.15) is 12.8 Å². The molecule has 2 rings (SSSR count). The number of methoxy groups -OCH3 is 2. The van der Waals surface area contributed by atoms with E-state index in [0.29, 0.717) is 26.0 Å². The molecule has 0 aliphatic carbocycles. The number of benzene rings is 1. The van der Waals surface area contributed by atoms with Crippen LogP contribution in [0.2, 0.25) is 0 Å². The Morgan fingerprint density at radius 1 is 1.40 bits per heavy atom. The van der Waals surface area contributed by atoms with E-state index >= 15 is 0 Å². The standard InChI is InChI=1S/C16H23FN2O5S/c1-23-9-7-18-16(20)12-4-3-8-19(11-12)25(21,22)15-10-13(17)5-6-14(15)24-2/h5-6,10,12H,3-4,7-9,11H2,1-2H3,(H,18,20)/t12-/m0/s1. The molecule has 1 aromatic carbocycles. The number of amides is 1. The van der Waals surface area contributed by atoms with Crippen molar-refractivity contribution < 1.29 is 27.1 Å². The molecule has 1 fully saturated rings. The number of carbonyl (C=O) groups is 1. The number of hydrogen-bond acceptors (Lipinski definition) is 5. The van der Waals surface area contributed by atoms with Crippen molar-refractivity contribution in [3.05, 3.63) is 24.0 Å². The predicted octanol–water partition coefficient (Wildman–Crippen LogP) is 0.998. The molecule has 1 saturated heterocycles. The van der Waals surface area contributed by atoms with Crippen molar-refractivity contribution in [2.24, 2.45) is 5.92 Å². The molecule has 1 heterocycles. The van der Waals surface area contributed by atoms with Gasteiger partial charge in [-0.1, -0.05) is 0 Å². The molecule has 0 spiro atoms. The van der Waals surface area contributed by atoms with E-state index in [2.05, 4.69) is 5.32 Å². The molecular weight excluding hydrogens is 351 g/mol. The van der Waals surface area contributed by atoms with Crippen LogP contribution < -0.4 is 10.1 Å². The van der Waals surface area contributed by atoms with E-state index in [1.807, 2.05) is 0 Å². The van der Waals surface area contributed by atoms with Gasteiger partial charge in [0, 0.05) is 26.7 Å². The van der Waals surface area contributed by atoms with Gasteiger partial charge in [0.05, 0.1) is 19.6 Å². The Balaban J connectivity index is 2.17. The van der Waals surface area contributed by atoms with Crippen LogP contribution in [0.15, 0.2) is 23.1 Å². The molecule has 1 atom stereocenters. The molecule has 0 aromatic heterocycles. The van der Waals surface area contributed by atoms with Gasteiger partial charge in [0.25, 0.3) is 0 Å². The third kappa shape index (κ3) is 4.68. The van der Waals surface area contributed by atoms with Crippen LogP contribution in [-0.4, -0.2) is 59.1 Å². The lowest BCUT2D eigenvalue weighted by Crippen LogP contribution is -2.45. The number of halogens is 1. The molecule has 1 aliphatic heterocycles. The van der Waals surface area contributed by atoms with E-state index in [-0.39, 0.29) is 29.6 Å². The summed E-state index contributed by atoms with van der Waals surface area (Å²) in [4.78, 5) is 12.0. The average Bonchev–Trinajstić information content (AvgIpc) is 2.62. The fourth-order valence-electron chi connectivity index (χ4n) is 2.79. The van der Waals surface area contributed by atoms with Gasteiger partial charge in [0.15, 0.2) is 0 Å². The Bertz CT molecular complexity index is 710. The number of nitrogens with zero attached hydrogens (tertiary/aromatic N) is 1. The van der Waals surface area contributed by atoms with Gasteiger partial charge in [-0.05, 0) is 31.0 Å². The minimum absolute atomic E-state index is 0.0564. The number of rotatable bonds is 7. The first kappa shape index (κ1) is 19.6. The molecule has 0 radical (unpaired) electrons. The average molecular weight is 374 g/mol. The summed E-state index contributed by atoms with van der Waals surface area (Å²) in [6.45, 7) is 1.10. The van der Waals surface area contributed by atoms with Gasteiger partial charge in [-0.2, -0.15) is 4.31 Å². The number of sulfonamides is 1. The van der Waals surface area contributed by atoms with Crippen LogP contribution in [-0.2, 0) is 19.6 Å². The zero-order chi connectivity index (χ0) is 18.4. The first-order valence-electron chi connectivity index (χ1n) is 8.00. The molecule has 140 valence electrons. The lowest BCUT2D eigenvalue weighted by molar-refractivity contribution is -0.126. The van der Waals surface area contributed by atoms with Crippen molar-refractivity contribution in [3.8, 4) is 5.75 Å². The molecule has 0 bridgehead atoms. The Hall–Kier alpha value is -1.71. The summed E-state index contributed by atoms with van der Waals surface area (Å²) in [5.74, 6) is -1.23. The topological polar surface area (TPSA) is 84.9 Å². The molecule has 1 aromatic rings. The molecule has 9 heteroatoms. The van der Waals surface area contributed by atoms with Gasteiger partial charge < -0.3 is 14.8 Å². The van der Waals surface area contributed by atoms with Crippen LogP contribution in [0.25, 0.3) is 0 Å². The summed E-state index contributed by atoms with van der Waals surface area (Å²) >= 11 is 0. The first-order chi connectivity index (χ1) is 11.9. The lowest BCUT2D eigenvalue weighted by atomic mass is 9.99. The molecule has 1 N–H and O–H groups in total. The van der Waals surface area contributed by atoms with Crippen LogP contribution in [0, 0.1) is 11.7 Å². The van der Waals surface area contributed by atoms with Crippen LogP contribution in [0.3, 0.4) is 0 Å². The van der Waals surface area contributed by atoms with E-state index in [0.717, 1.165) is 12.1 Å². The van der Waals surface area contributed by atoms with Crippen LogP contribution in [0.4, 0.5) is 4.39 Å². The maximum absolute atomic E-state index is 13.5. The summed E-state index contributed by atoms with van der Waals surface area (Å²) in [5, 5.41) is 2.73. The zero-order valence-electron chi connectivity index (χ0n) is 14.3. The lowest BCUT2D eigenvalue weighted by Gasteiger charge is -2.31. The summed E-state index contributed by atoms with van der Waals surface area (Å²) in [6, 6.07) is 3.36. The summed E-state index contributed by atoms with van der Waals surface area (Å²) in [7, 11) is -1.09. The Kier molecular flexibility index (Phi) is 6.74. The van der Waals surface area contributed by atoms with E-state index in [1.165, 1.54) is 24.6 Å². The highest BCUT2D eigenvalue weighted by Crippen LogP contribution is 2.30. The van der Waals surface area contributed by atoms with Crippen molar-refractivity contribution >= 4 is 15.9 Å². The second kappa shape index (κ2) is 8.59. The molecule has 7 nitrogen and oxygen atoms in total. The third-order valence-corrected chi connectivity index (χ3v) is 5.99. The van der Waals surface area contributed by atoms with Crippen LogP contribution in [0.5, 0.6) is 5.75 Å². The van der Waals surface area contributed by atoms with Gasteiger partial charge in [-0.3, -0.25) is 4.79 Å². The van der Waals surface area contributed by atoms with Gasteiger partial charge in [0.1, 0.15) is 16.5 Å². The largest absolute Gasteiger partial charge is 0.495 e.